The lowest BCUT2D eigenvalue weighted by Crippen LogP contribution is -2.67. The maximum absolute atomic E-state index is 11.4. The largest absolute Gasteiger partial charge is 0.394 e. The van der Waals surface area contributed by atoms with Gasteiger partial charge in [-0.3, -0.25) is 0 Å². The van der Waals surface area contributed by atoms with E-state index in [0.29, 0.717) is 24.7 Å². The second-order valence-electron chi connectivity index (χ2n) is 22.8. The molecule has 0 amide bonds. The van der Waals surface area contributed by atoms with Gasteiger partial charge < -0.3 is 84.6 Å². The van der Waals surface area contributed by atoms with Crippen LogP contribution >= 0.6 is 0 Å². The van der Waals surface area contributed by atoms with Crippen molar-refractivity contribution >= 4 is 0 Å². The molecule has 0 aromatic carbocycles. The van der Waals surface area contributed by atoms with Gasteiger partial charge in [0.25, 0.3) is 0 Å². The third-order valence-electron chi connectivity index (χ3n) is 18.8. The molecular weight excluding hydrogens is 849 g/mol. The maximum atomic E-state index is 11.4. The average molecular weight is 931 g/mol. The highest BCUT2D eigenvalue weighted by molar-refractivity contribution is 5.19. The normalized spacial score (nSPS) is 51.9. The zero-order chi connectivity index (χ0) is 47.8. The van der Waals surface area contributed by atoms with Crippen LogP contribution in [0.4, 0.5) is 0 Å². The lowest BCUT2D eigenvalue weighted by Gasteiger charge is -2.70. The van der Waals surface area contributed by atoms with Crippen LogP contribution in [0.3, 0.4) is 0 Å². The van der Waals surface area contributed by atoms with Gasteiger partial charge >= 0.3 is 0 Å². The summed E-state index contributed by atoms with van der Waals surface area (Å²) in [6, 6.07) is 0. The number of ether oxygens (including phenoxy) is 6. The maximum Gasteiger partial charge on any atom is 0.187 e. The summed E-state index contributed by atoms with van der Waals surface area (Å²) >= 11 is 0. The van der Waals surface area contributed by atoms with Gasteiger partial charge in [-0.05, 0) is 130 Å². The van der Waals surface area contributed by atoms with Gasteiger partial charge in [-0.25, -0.2) is 0 Å². The molecule has 24 atom stereocenters. The molecule has 7 rings (SSSR count). The molecule has 7 aliphatic rings. The van der Waals surface area contributed by atoms with E-state index in [1.54, 1.807) is 0 Å². The summed E-state index contributed by atoms with van der Waals surface area (Å²) in [5, 5.41) is 116. The van der Waals surface area contributed by atoms with Crippen LogP contribution in [-0.4, -0.2) is 180 Å². The Labute approximate surface area is 384 Å². The molecule has 1 unspecified atom stereocenters. The third kappa shape index (κ3) is 8.84. The Bertz CT molecular complexity index is 1640. The SMILES string of the molecule is CC(C)=CCCC(C)(O[C@@H]1O[C@H](CO)[C@@H](O)[C@H](O)[C@H]1O)[C@H]1CC[C@]2(C)[C@@H]1CC[C@@H]1[C@@]3(C)CC[C@H](O[C@@H]4O[C@H](CO)[C@@H](O)[C@H](O)[C@H]4O[C@@H]4O[C@H](CO)[C@@H](O)[C@H](O)[C@H]4O)C(C)(C)[C@@H]3CC[C@]12C. The van der Waals surface area contributed by atoms with E-state index in [9.17, 15) is 56.2 Å². The van der Waals surface area contributed by atoms with Crippen molar-refractivity contribution in [3.8, 4) is 0 Å². The second kappa shape index (κ2) is 19.3. The summed E-state index contributed by atoms with van der Waals surface area (Å²) in [7, 11) is 0. The summed E-state index contributed by atoms with van der Waals surface area (Å²) in [5.41, 5.74) is -0.159. The van der Waals surface area contributed by atoms with Gasteiger partial charge in [0.1, 0.15) is 73.2 Å². The molecule has 3 saturated heterocycles. The first kappa shape index (κ1) is 51.9. The predicted octanol–water partition coefficient (Wildman–Crippen LogP) is 1.00. The molecule has 17 nitrogen and oxygen atoms in total. The first-order chi connectivity index (χ1) is 30.4. The van der Waals surface area contributed by atoms with E-state index in [1.807, 2.05) is 0 Å². The minimum Gasteiger partial charge on any atom is -0.394 e. The Balaban J connectivity index is 1.11. The standard InChI is InChI=1S/C48H82O17/c1-23(2)10-9-16-48(8,65-42-39(59)36(56)33(53)27(21-50)61-42)25-13-18-46(6)24(25)11-12-30-45(5)17-15-31(44(3,4)29(45)14-19-47(30,46)7)63-43-40(37(57)34(54)28(22-51)62-43)64-41-38(58)35(55)32(52)26(20-49)60-41/h10,24-43,49-59H,9,11-22H2,1-8H3/t24-,25+,26-,27-,28-,29+,30-,31+,32-,33-,34-,35+,36+,37+,38-,39-,40-,41+,42+,43+,45+,46-,47-,48?/m1/s1. The van der Waals surface area contributed by atoms with Gasteiger partial charge in [-0.2, -0.15) is 0 Å². The Kier molecular flexibility index (Phi) is 15.4. The minimum absolute atomic E-state index is 0.0327. The molecule has 0 bridgehead atoms. The van der Waals surface area contributed by atoms with E-state index in [0.717, 1.165) is 51.4 Å². The molecule has 4 saturated carbocycles. The number of aliphatic hydroxyl groups excluding tert-OH is 11. The highest BCUT2D eigenvalue weighted by Gasteiger charge is 2.70. The van der Waals surface area contributed by atoms with Crippen LogP contribution in [0.15, 0.2) is 11.6 Å². The van der Waals surface area contributed by atoms with Crippen molar-refractivity contribution in [1.29, 1.82) is 0 Å². The van der Waals surface area contributed by atoms with E-state index in [-0.39, 0.29) is 28.1 Å². The first-order valence-corrected chi connectivity index (χ1v) is 24.3. The number of aliphatic hydroxyl groups is 11. The van der Waals surface area contributed by atoms with Gasteiger partial charge in [-0.15, -0.1) is 0 Å². The summed E-state index contributed by atoms with van der Waals surface area (Å²) < 4.78 is 37.4. The Morgan fingerprint density at radius 3 is 1.71 bits per heavy atom. The molecule has 7 fully saturated rings. The molecule has 0 aromatic heterocycles. The van der Waals surface area contributed by atoms with E-state index in [1.165, 1.54) is 5.57 Å². The van der Waals surface area contributed by atoms with E-state index >= 15 is 0 Å². The first-order valence-electron chi connectivity index (χ1n) is 24.3. The summed E-state index contributed by atoms with van der Waals surface area (Å²) in [4.78, 5) is 0. The van der Waals surface area contributed by atoms with Gasteiger partial charge in [-0.1, -0.05) is 46.3 Å². The smallest absolute Gasteiger partial charge is 0.187 e. The molecule has 65 heavy (non-hydrogen) atoms. The Morgan fingerprint density at radius 1 is 0.585 bits per heavy atom. The summed E-state index contributed by atoms with van der Waals surface area (Å²) in [6.07, 6.45) is -11.6. The molecule has 3 aliphatic heterocycles. The van der Waals surface area contributed by atoms with Crippen molar-refractivity contribution < 1.29 is 84.6 Å². The fraction of sp³-hybridized carbons (Fsp3) is 0.958. The van der Waals surface area contributed by atoms with Crippen molar-refractivity contribution in [1.82, 2.24) is 0 Å². The van der Waals surface area contributed by atoms with E-state index in [4.69, 9.17) is 28.4 Å². The van der Waals surface area contributed by atoms with Gasteiger partial charge in [0.2, 0.25) is 0 Å². The van der Waals surface area contributed by atoms with Crippen LogP contribution in [0.5, 0.6) is 0 Å². The van der Waals surface area contributed by atoms with Crippen LogP contribution < -0.4 is 0 Å². The van der Waals surface area contributed by atoms with Gasteiger partial charge in [0.15, 0.2) is 18.9 Å². The van der Waals surface area contributed by atoms with Crippen LogP contribution in [0.25, 0.3) is 0 Å². The molecule has 3 heterocycles. The summed E-state index contributed by atoms with van der Waals surface area (Å²) in [5.74, 6) is 0.995. The second-order valence-corrected chi connectivity index (χ2v) is 22.8. The molecule has 0 aromatic rings. The molecule has 17 heteroatoms. The van der Waals surface area contributed by atoms with Crippen molar-refractivity contribution in [3.05, 3.63) is 11.6 Å². The van der Waals surface area contributed by atoms with Crippen molar-refractivity contribution in [3.63, 3.8) is 0 Å². The molecule has 0 spiro atoms. The third-order valence-corrected chi connectivity index (χ3v) is 18.8. The van der Waals surface area contributed by atoms with Crippen molar-refractivity contribution in [2.24, 2.45) is 45.3 Å². The Morgan fingerprint density at radius 2 is 1.12 bits per heavy atom. The summed E-state index contributed by atoms with van der Waals surface area (Å²) in [6.45, 7) is 16.3. The number of rotatable bonds is 13. The van der Waals surface area contributed by atoms with Crippen LogP contribution in [0.1, 0.15) is 120 Å². The lowest BCUT2D eigenvalue weighted by atomic mass is 9.35. The number of hydrogen-bond donors (Lipinski definition) is 11. The topological polar surface area (TPSA) is 278 Å². The van der Waals surface area contributed by atoms with E-state index < -0.39 is 129 Å². The monoisotopic (exact) mass is 931 g/mol. The lowest BCUT2D eigenvalue weighted by molar-refractivity contribution is -0.378. The van der Waals surface area contributed by atoms with Crippen molar-refractivity contribution in [2.75, 3.05) is 19.8 Å². The van der Waals surface area contributed by atoms with Crippen LogP contribution in [0, 0.1) is 45.3 Å². The fourth-order valence-corrected chi connectivity index (χ4v) is 14.9. The quantitative estimate of drug-likeness (QED) is 0.0908. The van der Waals surface area contributed by atoms with Crippen molar-refractivity contribution in [2.45, 2.75) is 223 Å². The van der Waals surface area contributed by atoms with Crippen LogP contribution in [-0.2, 0) is 28.4 Å². The van der Waals surface area contributed by atoms with E-state index in [2.05, 4.69) is 61.5 Å². The number of hydrogen-bond acceptors (Lipinski definition) is 17. The number of allylic oxidation sites excluding steroid dienone is 2. The average Bonchev–Trinajstić information content (AvgIpc) is 3.63. The van der Waals surface area contributed by atoms with Gasteiger partial charge in [0.05, 0.1) is 31.5 Å². The fourth-order valence-electron chi connectivity index (χ4n) is 14.9. The predicted molar refractivity (Wildman–Crippen MR) is 232 cm³/mol. The molecule has 376 valence electrons. The highest BCUT2D eigenvalue weighted by Crippen LogP contribution is 2.76. The van der Waals surface area contributed by atoms with Crippen LogP contribution in [0.2, 0.25) is 0 Å². The highest BCUT2D eigenvalue weighted by atomic mass is 16.8. The zero-order valence-electron chi connectivity index (χ0n) is 39.7. The molecule has 0 radical (unpaired) electrons. The zero-order valence-corrected chi connectivity index (χ0v) is 39.7. The minimum atomic E-state index is -1.77. The molecule has 4 aliphatic carbocycles. The molecule has 11 N–H and O–H groups in total. The molecular formula is C48H82O17. The van der Waals surface area contributed by atoms with Gasteiger partial charge in [0, 0.05) is 0 Å². The number of fused-ring (bicyclic) bond motifs is 5. The Hall–Kier alpha value is -0.940.